The Balaban J connectivity index is 1.94. The number of carbonyl (C=O) groups excluding carboxylic acids is 1. The van der Waals surface area contributed by atoms with Crippen molar-refractivity contribution in [2.45, 2.75) is 5.03 Å². The molecule has 0 atom stereocenters. The van der Waals surface area contributed by atoms with Crippen molar-refractivity contribution in [1.29, 1.82) is 0 Å². The summed E-state index contributed by atoms with van der Waals surface area (Å²) in [6.45, 7) is 0. The van der Waals surface area contributed by atoms with Crippen LogP contribution >= 0.6 is 27.7 Å². The predicted molar refractivity (Wildman–Crippen MR) is 78.9 cm³/mol. The molecule has 1 heterocycles. The standard InChI is InChI=1S/C13H10BrFN2O2S/c14-9-4-5-11(10(15)7-9)16-12(18)8-20-13-3-1-2-6-17(13)19/h1-7H,8H2,(H,16,18). The number of nitrogens with one attached hydrogen (secondary N) is 1. The molecular formula is C13H10BrFN2O2S. The minimum Gasteiger partial charge on any atom is -0.618 e. The van der Waals surface area contributed by atoms with Gasteiger partial charge in [0.15, 0.2) is 6.20 Å². The number of hydrogen-bond acceptors (Lipinski definition) is 3. The minimum absolute atomic E-state index is 0.0295. The fourth-order valence-electron chi connectivity index (χ4n) is 1.44. The monoisotopic (exact) mass is 356 g/mol. The van der Waals surface area contributed by atoms with Crippen LogP contribution in [0.2, 0.25) is 0 Å². The summed E-state index contributed by atoms with van der Waals surface area (Å²) in [4.78, 5) is 11.7. The van der Waals surface area contributed by atoms with Crippen molar-refractivity contribution >= 4 is 39.3 Å². The molecule has 0 aliphatic rings. The summed E-state index contributed by atoms with van der Waals surface area (Å²) in [5.41, 5.74) is 0.113. The topological polar surface area (TPSA) is 56.0 Å². The van der Waals surface area contributed by atoms with Gasteiger partial charge in [-0.2, -0.15) is 4.73 Å². The lowest BCUT2D eigenvalue weighted by Crippen LogP contribution is -2.28. The van der Waals surface area contributed by atoms with Crippen LogP contribution in [-0.2, 0) is 4.79 Å². The molecule has 0 saturated heterocycles. The molecule has 0 bridgehead atoms. The van der Waals surface area contributed by atoms with E-state index in [1.807, 2.05) is 0 Å². The fourth-order valence-corrected chi connectivity index (χ4v) is 2.49. The van der Waals surface area contributed by atoms with Gasteiger partial charge in [-0.25, -0.2) is 4.39 Å². The summed E-state index contributed by atoms with van der Waals surface area (Å²) >= 11 is 4.23. The second-order valence-electron chi connectivity index (χ2n) is 3.83. The summed E-state index contributed by atoms with van der Waals surface area (Å²) in [5.74, 6) is -0.863. The first-order chi connectivity index (χ1) is 9.56. The zero-order valence-corrected chi connectivity index (χ0v) is 12.6. The minimum atomic E-state index is -0.517. The van der Waals surface area contributed by atoms with Crippen molar-refractivity contribution in [3.8, 4) is 0 Å². The van der Waals surface area contributed by atoms with Crippen molar-refractivity contribution in [1.82, 2.24) is 0 Å². The molecule has 2 aromatic rings. The molecule has 104 valence electrons. The summed E-state index contributed by atoms with van der Waals surface area (Å²) in [6, 6.07) is 9.31. The van der Waals surface area contributed by atoms with Crippen LogP contribution in [0, 0.1) is 11.0 Å². The number of thioether (sulfide) groups is 1. The van der Waals surface area contributed by atoms with Gasteiger partial charge < -0.3 is 10.5 Å². The van der Waals surface area contributed by atoms with Crippen molar-refractivity contribution < 1.29 is 13.9 Å². The van der Waals surface area contributed by atoms with Crippen molar-refractivity contribution in [3.63, 3.8) is 0 Å². The molecular weight excluding hydrogens is 347 g/mol. The first kappa shape index (κ1) is 14.8. The van der Waals surface area contributed by atoms with Crippen LogP contribution in [0.1, 0.15) is 0 Å². The number of hydrogen-bond donors (Lipinski definition) is 1. The normalized spacial score (nSPS) is 10.3. The number of amides is 1. The first-order valence-corrected chi connectivity index (χ1v) is 7.40. The van der Waals surface area contributed by atoms with Crippen molar-refractivity contribution in [2.75, 3.05) is 11.1 Å². The largest absolute Gasteiger partial charge is 0.618 e. The molecule has 4 nitrogen and oxygen atoms in total. The maximum absolute atomic E-state index is 13.5. The molecule has 0 fully saturated rings. The van der Waals surface area contributed by atoms with E-state index in [2.05, 4.69) is 21.2 Å². The molecule has 0 aliphatic carbocycles. The van der Waals surface area contributed by atoms with Gasteiger partial charge >= 0.3 is 0 Å². The molecule has 0 saturated carbocycles. The Labute approximate surface area is 127 Å². The van der Waals surface area contributed by atoms with E-state index in [-0.39, 0.29) is 17.3 Å². The number of anilines is 1. The maximum Gasteiger partial charge on any atom is 0.251 e. The van der Waals surface area contributed by atoms with Crippen LogP contribution in [-0.4, -0.2) is 11.7 Å². The van der Waals surface area contributed by atoms with E-state index in [1.54, 1.807) is 24.3 Å². The molecule has 0 spiro atoms. The van der Waals surface area contributed by atoms with Gasteiger partial charge in [-0.05, 0) is 36.0 Å². The molecule has 1 aromatic carbocycles. The van der Waals surface area contributed by atoms with Crippen LogP contribution < -0.4 is 10.0 Å². The summed E-state index contributed by atoms with van der Waals surface area (Å²) in [7, 11) is 0. The number of nitrogens with zero attached hydrogens (tertiary/aromatic N) is 1. The third kappa shape index (κ3) is 3.94. The number of carbonyl (C=O) groups is 1. The highest BCUT2D eigenvalue weighted by atomic mass is 79.9. The zero-order valence-electron chi connectivity index (χ0n) is 10.2. The lowest BCUT2D eigenvalue weighted by atomic mass is 10.3. The maximum atomic E-state index is 13.5. The highest BCUT2D eigenvalue weighted by molar-refractivity contribution is 9.10. The SMILES string of the molecule is O=C(CSc1cccc[n+]1[O-])Nc1ccc(Br)cc1F. The Hall–Kier alpha value is -1.60. The number of aromatic nitrogens is 1. The second kappa shape index (κ2) is 6.71. The van der Waals surface area contributed by atoms with Crippen LogP contribution in [0.15, 0.2) is 52.1 Å². The highest BCUT2D eigenvalue weighted by Gasteiger charge is 2.11. The molecule has 7 heteroatoms. The van der Waals surface area contributed by atoms with Crippen LogP contribution in [0.25, 0.3) is 0 Å². The lowest BCUT2D eigenvalue weighted by Gasteiger charge is -2.06. The van der Waals surface area contributed by atoms with E-state index in [1.165, 1.54) is 18.3 Å². The number of halogens is 2. The van der Waals surface area contributed by atoms with Gasteiger partial charge in [0.2, 0.25) is 5.91 Å². The zero-order chi connectivity index (χ0) is 14.5. The number of rotatable bonds is 4. The molecule has 1 amide bonds. The van der Waals surface area contributed by atoms with E-state index in [4.69, 9.17) is 0 Å². The van der Waals surface area contributed by atoms with Gasteiger partial charge in [-0.3, -0.25) is 4.79 Å². The fraction of sp³-hybridized carbons (Fsp3) is 0.0769. The summed E-state index contributed by atoms with van der Waals surface area (Å²) < 4.78 is 14.8. The Morgan fingerprint density at radius 2 is 2.20 bits per heavy atom. The van der Waals surface area contributed by atoms with Gasteiger partial charge in [0.05, 0.1) is 11.4 Å². The molecule has 0 radical (unpaired) electrons. The smallest absolute Gasteiger partial charge is 0.251 e. The van der Waals surface area contributed by atoms with E-state index in [0.717, 1.165) is 11.8 Å². The van der Waals surface area contributed by atoms with E-state index < -0.39 is 5.82 Å². The van der Waals surface area contributed by atoms with E-state index in [0.29, 0.717) is 14.2 Å². The van der Waals surface area contributed by atoms with E-state index >= 15 is 0 Å². The molecule has 0 aliphatic heterocycles. The van der Waals surface area contributed by atoms with Gasteiger partial charge in [-0.1, -0.05) is 15.9 Å². The predicted octanol–water partition coefficient (Wildman–Crippen LogP) is 2.95. The van der Waals surface area contributed by atoms with Crippen LogP contribution in [0.3, 0.4) is 0 Å². The molecule has 20 heavy (non-hydrogen) atoms. The van der Waals surface area contributed by atoms with Gasteiger partial charge in [0.1, 0.15) is 5.82 Å². The average molecular weight is 357 g/mol. The van der Waals surface area contributed by atoms with Crippen molar-refractivity contribution in [2.24, 2.45) is 0 Å². The number of pyridine rings is 1. The average Bonchev–Trinajstić information content (AvgIpc) is 2.41. The highest BCUT2D eigenvalue weighted by Crippen LogP contribution is 2.20. The van der Waals surface area contributed by atoms with Crippen LogP contribution in [0.5, 0.6) is 0 Å². The second-order valence-corrected chi connectivity index (χ2v) is 5.74. The summed E-state index contributed by atoms with van der Waals surface area (Å²) in [6.07, 6.45) is 1.36. The van der Waals surface area contributed by atoms with Gasteiger partial charge in [-0.15, -0.1) is 0 Å². The first-order valence-electron chi connectivity index (χ1n) is 5.62. The third-order valence-corrected chi connectivity index (χ3v) is 3.86. The van der Waals surface area contributed by atoms with Gasteiger partial charge in [0.25, 0.3) is 5.03 Å². The molecule has 1 N–H and O–H groups in total. The molecule has 0 unspecified atom stereocenters. The quantitative estimate of drug-likeness (QED) is 0.520. The molecule has 2 rings (SSSR count). The Morgan fingerprint density at radius 1 is 1.40 bits per heavy atom. The van der Waals surface area contributed by atoms with Gasteiger partial charge in [0, 0.05) is 16.6 Å². The molecule has 1 aromatic heterocycles. The Morgan fingerprint density at radius 3 is 2.90 bits per heavy atom. The Bertz CT molecular complexity index is 640. The van der Waals surface area contributed by atoms with E-state index in [9.17, 15) is 14.4 Å². The van der Waals surface area contributed by atoms with Crippen molar-refractivity contribution in [3.05, 3.63) is 58.1 Å². The Kier molecular flexibility index (Phi) is 4.97. The lowest BCUT2D eigenvalue weighted by molar-refractivity contribution is -0.645. The third-order valence-electron chi connectivity index (χ3n) is 2.34. The summed E-state index contributed by atoms with van der Waals surface area (Å²) in [5, 5.41) is 14.3. The number of benzene rings is 1. The van der Waals surface area contributed by atoms with Crippen LogP contribution in [0.4, 0.5) is 10.1 Å².